The second-order valence-corrected chi connectivity index (χ2v) is 7.78. The Bertz CT molecular complexity index is 971. The van der Waals surface area contributed by atoms with Crippen LogP contribution in [0.5, 0.6) is 0 Å². The summed E-state index contributed by atoms with van der Waals surface area (Å²) in [6.07, 6.45) is 0. The van der Waals surface area contributed by atoms with Crippen LogP contribution >= 0.6 is 23.4 Å². The van der Waals surface area contributed by atoms with Crippen molar-refractivity contribution < 1.29 is 4.79 Å². The number of amides is 1. The molecule has 0 saturated carbocycles. The molecule has 0 atom stereocenters. The lowest BCUT2D eigenvalue weighted by atomic mass is 10.1. The van der Waals surface area contributed by atoms with Crippen molar-refractivity contribution in [3.63, 3.8) is 0 Å². The van der Waals surface area contributed by atoms with Gasteiger partial charge in [0, 0.05) is 23.4 Å². The van der Waals surface area contributed by atoms with Gasteiger partial charge in [0.05, 0.1) is 12.3 Å². The Hall–Kier alpha value is -2.51. The number of carbonyl (C=O) groups is 1. The highest BCUT2D eigenvalue weighted by molar-refractivity contribution is 7.99. The molecular formula is C20H22ClN5OS. The van der Waals surface area contributed by atoms with Crippen LogP contribution in [0.15, 0.2) is 47.6 Å². The quantitative estimate of drug-likeness (QED) is 0.558. The van der Waals surface area contributed by atoms with Crippen molar-refractivity contribution in [1.82, 2.24) is 14.8 Å². The lowest BCUT2D eigenvalue weighted by molar-refractivity contribution is -0.113. The van der Waals surface area contributed by atoms with Crippen LogP contribution in [0.1, 0.15) is 17.0 Å². The van der Waals surface area contributed by atoms with E-state index in [1.165, 1.54) is 11.8 Å². The molecule has 0 saturated heterocycles. The van der Waals surface area contributed by atoms with E-state index >= 15 is 0 Å². The van der Waals surface area contributed by atoms with Gasteiger partial charge in [-0.25, -0.2) is 0 Å². The second kappa shape index (κ2) is 9.12. The summed E-state index contributed by atoms with van der Waals surface area (Å²) in [5.74, 6) is 0.985. The Morgan fingerprint density at radius 1 is 1.14 bits per heavy atom. The van der Waals surface area contributed by atoms with E-state index in [1.807, 2.05) is 67.9 Å². The first-order chi connectivity index (χ1) is 13.4. The molecule has 1 amide bonds. The predicted octanol–water partition coefficient (Wildman–Crippen LogP) is 4.43. The van der Waals surface area contributed by atoms with E-state index in [0.717, 1.165) is 28.3 Å². The standard InChI is InChI=1S/C20H22ClN5OS/c1-13-5-4-6-17(14(13)2)23-19(27)12-28-20-25-24-18(26(20)3)11-22-16-9-7-15(21)8-10-16/h4-10,22H,11-12H2,1-3H3,(H,23,27). The van der Waals surface area contributed by atoms with Gasteiger partial charge in [0.15, 0.2) is 11.0 Å². The molecule has 1 aromatic heterocycles. The van der Waals surface area contributed by atoms with Gasteiger partial charge in [-0.2, -0.15) is 0 Å². The fourth-order valence-electron chi connectivity index (χ4n) is 2.58. The molecule has 0 aliphatic rings. The molecule has 6 nitrogen and oxygen atoms in total. The molecule has 3 aromatic rings. The van der Waals surface area contributed by atoms with Gasteiger partial charge in [0.25, 0.3) is 0 Å². The highest BCUT2D eigenvalue weighted by atomic mass is 35.5. The first-order valence-corrected chi connectivity index (χ1v) is 10.2. The van der Waals surface area contributed by atoms with Crippen LogP contribution in [-0.2, 0) is 18.4 Å². The average Bonchev–Trinajstić information content (AvgIpc) is 3.03. The largest absolute Gasteiger partial charge is 0.378 e. The molecule has 0 spiro atoms. The molecule has 0 bridgehead atoms. The maximum absolute atomic E-state index is 12.3. The zero-order chi connectivity index (χ0) is 20.1. The molecular weight excluding hydrogens is 394 g/mol. The van der Waals surface area contributed by atoms with Crippen LogP contribution in [0.25, 0.3) is 0 Å². The number of aromatic nitrogens is 3. The van der Waals surface area contributed by atoms with Crippen LogP contribution in [0, 0.1) is 13.8 Å². The summed E-state index contributed by atoms with van der Waals surface area (Å²) in [6, 6.07) is 13.4. The molecule has 0 aliphatic heterocycles. The fourth-order valence-corrected chi connectivity index (χ4v) is 3.43. The van der Waals surface area contributed by atoms with E-state index in [4.69, 9.17) is 11.6 Å². The summed E-state index contributed by atoms with van der Waals surface area (Å²) in [6.45, 7) is 4.56. The number of benzene rings is 2. The van der Waals surface area contributed by atoms with Crippen LogP contribution in [0.2, 0.25) is 5.02 Å². The van der Waals surface area contributed by atoms with Crippen LogP contribution < -0.4 is 10.6 Å². The molecule has 1 heterocycles. The van der Waals surface area contributed by atoms with Crippen molar-refractivity contribution in [2.45, 2.75) is 25.5 Å². The first-order valence-electron chi connectivity index (χ1n) is 8.80. The van der Waals surface area contributed by atoms with Gasteiger partial charge < -0.3 is 15.2 Å². The number of halogens is 1. The van der Waals surface area contributed by atoms with Crippen LogP contribution in [-0.4, -0.2) is 26.4 Å². The van der Waals surface area contributed by atoms with Gasteiger partial charge in [-0.05, 0) is 55.3 Å². The van der Waals surface area contributed by atoms with Crippen LogP contribution in [0.4, 0.5) is 11.4 Å². The summed E-state index contributed by atoms with van der Waals surface area (Å²) >= 11 is 7.26. The number of carbonyl (C=O) groups excluding carboxylic acids is 1. The smallest absolute Gasteiger partial charge is 0.234 e. The number of aryl methyl sites for hydroxylation is 1. The molecule has 0 aliphatic carbocycles. The van der Waals surface area contributed by atoms with E-state index in [1.54, 1.807) is 0 Å². The van der Waals surface area contributed by atoms with Crippen molar-refractivity contribution in [3.05, 3.63) is 64.4 Å². The Labute approximate surface area is 173 Å². The third kappa shape index (κ3) is 5.05. The molecule has 0 fully saturated rings. The normalized spacial score (nSPS) is 10.7. The first kappa shape index (κ1) is 20.2. The summed E-state index contributed by atoms with van der Waals surface area (Å²) in [5.41, 5.74) is 4.03. The van der Waals surface area contributed by atoms with Gasteiger partial charge in [0.2, 0.25) is 5.91 Å². The highest BCUT2D eigenvalue weighted by Gasteiger charge is 2.12. The molecule has 28 heavy (non-hydrogen) atoms. The van der Waals surface area contributed by atoms with E-state index in [9.17, 15) is 4.79 Å². The monoisotopic (exact) mass is 415 g/mol. The number of hydrogen-bond acceptors (Lipinski definition) is 5. The zero-order valence-corrected chi connectivity index (χ0v) is 17.6. The van der Waals surface area contributed by atoms with Gasteiger partial charge in [0.1, 0.15) is 0 Å². The van der Waals surface area contributed by atoms with Crippen molar-refractivity contribution in [1.29, 1.82) is 0 Å². The number of hydrogen-bond donors (Lipinski definition) is 2. The Balaban J connectivity index is 1.54. The summed E-state index contributed by atoms with van der Waals surface area (Å²) in [4.78, 5) is 12.3. The Kier molecular flexibility index (Phi) is 6.59. The minimum absolute atomic E-state index is 0.0671. The van der Waals surface area contributed by atoms with Crippen molar-refractivity contribution >= 4 is 40.6 Å². The third-order valence-electron chi connectivity index (χ3n) is 4.43. The minimum atomic E-state index is -0.0671. The molecule has 2 aromatic carbocycles. The molecule has 0 unspecified atom stereocenters. The van der Waals surface area contributed by atoms with Gasteiger partial charge in [-0.1, -0.05) is 35.5 Å². The lowest BCUT2D eigenvalue weighted by Crippen LogP contribution is -2.15. The minimum Gasteiger partial charge on any atom is -0.378 e. The molecule has 2 N–H and O–H groups in total. The number of nitrogens with one attached hydrogen (secondary N) is 2. The van der Waals surface area contributed by atoms with E-state index < -0.39 is 0 Å². The second-order valence-electron chi connectivity index (χ2n) is 6.40. The highest BCUT2D eigenvalue weighted by Crippen LogP contribution is 2.20. The SMILES string of the molecule is Cc1cccc(NC(=O)CSc2nnc(CNc3ccc(Cl)cc3)n2C)c1C. The van der Waals surface area contributed by atoms with Crippen molar-refractivity contribution in [3.8, 4) is 0 Å². The van der Waals surface area contributed by atoms with E-state index in [-0.39, 0.29) is 11.7 Å². The third-order valence-corrected chi connectivity index (χ3v) is 5.70. The fraction of sp³-hybridized carbons (Fsp3) is 0.250. The van der Waals surface area contributed by atoms with Crippen molar-refractivity contribution in [2.24, 2.45) is 7.05 Å². The summed E-state index contributed by atoms with van der Waals surface area (Å²) < 4.78 is 1.89. The van der Waals surface area contributed by atoms with Gasteiger partial charge >= 0.3 is 0 Å². The Morgan fingerprint density at radius 2 is 1.89 bits per heavy atom. The number of thioether (sulfide) groups is 1. The molecule has 8 heteroatoms. The Morgan fingerprint density at radius 3 is 2.64 bits per heavy atom. The number of rotatable bonds is 7. The summed E-state index contributed by atoms with van der Waals surface area (Å²) in [7, 11) is 1.89. The maximum Gasteiger partial charge on any atom is 0.234 e. The van der Waals surface area contributed by atoms with E-state index in [2.05, 4.69) is 20.8 Å². The molecule has 146 valence electrons. The molecule has 0 radical (unpaired) electrons. The van der Waals surface area contributed by atoms with Crippen LogP contribution in [0.3, 0.4) is 0 Å². The number of nitrogens with zero attached hydrogens (tertiary/aromatic N) is 3. The predicted molar refractivity (Wildman–Crippen MR) is 115 cm³/mol. The van der Waals surface area contributed by atoms with Gasteiger partial charge in [-0.3, -0.25) is 4.79 Å². The zero-order valence-electron chi connectivity index (χ0n) is 16.0. The summed E-state index contributed by atoms with van der Waals surface area (Å²) in [5, 5.41) is 16.0. The van der Waals surface area contributed by atoms with Crippen molar-refractivity contribution in [2.75, 3.05) is 16.4 Å². The van der Waals surface area contributed by atoms with Gasteiger partial charge in [-0.15, -0.1) is 10.2 Å². The van der Waals surface area contributed by atoms with E-state index in [0.29, 0.717) is 16.7 Å². The molecule has 3 rings (SSSR count). The number of anilines is 2. The average molecular weight is 416 g/mol. The topological polar surface area (TPSA) is 71.8 Å². The lowest BCUT2D eigenvalue weighted by Gasteiger charge is -2.10. The maximum atomic E-state index is 12.3.